The molecule has 0 amide bonds. The highest BCUT2D eigenvalue weighted by Crippen LogP contribution is 2.21. The molecule has 0 radical (unpaired) electrons. The van der Waals surface area contributed by atoms with Crippen molar-refractivity contribution in [1.29, 1.82) is 0 Å². The van der Waals surface area contributed by atoms with Gasteiger partial charge in [-0.2, -0.15) is 0 Å². The van der Waals surface area contributed by atoms with Crippen LogP contribution in [0.5, 0.6) is 0 Å². The third kappa shape index (κ3) is 3.76. The lowest BCUT2D eigenvalue weighted by Gasteiger charge is -2.20. The molecule has 1 unspecified atom stereocenters. The highest BCUT2D eigenvalue weighted by atomic mass is 35.5. The first kappa shape index (κ1) is 13.5. The molecule has 16 heavy (non-hydrogen) atoms. The number of hydrogen-bond donors (Lipinski definition) is 1. The highest BCUT2D eigenvalue weighted by molar-refractivity contribution is 6.30. The van der Waals surface area contributed by atoms with Crippen LogP contribution in [0.25, 0.3) is 0 Å². The standard InChI is InChI=1S/C13H19ClFN/c1-9(2)11(8-16-3)6-10-7-12(14)4-5-13(10)15/h4-5,7,9,11,16H,6,8H2,1-3H3. The second-order valence-corrected chi connectivity index (χ2v) is 4.94. The van der Waals surface area contributed by atoms with Crippen molar-refractivity contribution in [3.05, 3.63) is 34.6 Å². The fourth-order valence-corrected chi connectivity index (χ4v) is 1.98. The summed E-state index contributed by atoms with van der Waals surface area (Å²) in [5, 5.41) is 3.75. The van der Waals surface area contributed by atoms with E-state index in [1.807, 2.05) is 7.05 Å². The Kier molecular flexibility index (Phi) is 5.23. The zero-order valence-corrected chi connectivity index (χ0v) is 10.8. The quantitative estimate of drug-likeness (QED) is 0.835. The van der Waals surface area contributed by atoms with Crippen LogP contribution in [-0.2, 0) is 6.42 Å². The van der Waals surface area contributed by atoms with E-state index < -0.39 is 0 Å². The van der Waals surface area contributed by atoms with Gasteiger partial charge in [0, 0.05) is 5.02 Å². The Hall–Kier alpha value is -0.600. The summed E-state index contributed by atoms with van der Waals surface area (Å²) in [5.74, 6) is 0.787. The zero-order chi connectivity index (χ0) is 12.1. The Balaban J connectivity index is 2.80. The summed E-state index contributed by atoms with van der Waals surface area (Å²) in [5.41, 5.74) is 0.710. The van der Waals surface area contributed by atoms with Gasteiger partial charge < -0.3 is 5.32 Å². The zero-order valence-electron chi connectivity index (χ0n) is 10.1. The molecule has 0 heterocycles. The summed E-state index contributed by atoms with van der Waals surface area (Å²) in [6, 6.07) is 4.75. The fourth-order valence-electron chi connectivity index (χ4n) is 1.79. The Bertz CT molecular complexity index is 339. The first-order valence-electron chi connectivity index (χ1n) is 5.63. The van der Waals surface area contributed by atoms with Crippen molar-refractivity contribution in [2.45, 2.75) is 20.3 Å². The summed E-state index contributed by atoms with van der Waals surface area (Å²) >= 11 is 5.87. The van der Waals surface area contributed by atoms with Crippen LogP contribution in [0.4, 0.5) is 4.39 Å². The minimum atomic E-state index is -0.161. The van der Waals surface area contributed by atoms with E-state index in [0.717, 1.165) is 13.0 Å². The number of rotatable bonds is 5. The molecule has 0 bridgehead atoms. The Morgan fingerprint density at radius 2 is 2.06 bits per heavy atom. The summed E-state index contributed by atoms with van der Waals surface area (Å²) in [4.78, 5) is 0. The molecule has 1 N–H and O–H groups in total. The Morgan fingerprint density at radius 3 is 2.62 bits per heavy atom. The smallest absolute Gasteiger partial charge is 0.126 e. The van der Waals surface area contributed by atoms with Crippen LogP contribution >= 0.6 is 11.6 Å². The number of benzene rings is 1. The second-order valence-electron chi connectivity index (χ2n) is 4.50. The average Bonchev–Trinajstić information content (AvgIpc) is 2.22. The highest BCUT2D eigenvalue weighted by Gasteiger charge is 2.15. The molecule has 1 aromatic rings. The van der Waals surface area contributed by atoms with Gasteiger partial charge in [0.15, 0.2) is 0 Å². The molecule has 0 aliphatic carbocycles. The maximum Gasteiger partial charge on any atom is 0.126 e. The number of hydrogen-bond acceptors (Lipinski definition) is 1. The van der Waals surface area contributed by atoms with Gasteiger partial charge in [0.25, 0.3) is 0 Å². The third-order valence-corrected chi connectivity index (χ3v) is 3.13. The summed E-state index contributed by atoms with van der Waals surface area (Å²) < 4.78 is 13.6. The maximum atomic E-state index is 13.6. The topological polar surface area (TPSA) is 12.0 Å². The van der Waals surface area contributed by atoms with Crippen molar-refractivity contribution in [2.75, 3.05) is 13.6 Å². The molecular formula is C13H19ClFN. The Labute approximate surface area is 102 Å². The van der Waals surface area contributed by atoms with Crippen molar-refractivity contribution in [3.63, 3.8) is 0 Å². The van der Waals surface area contributed by atoms with E-state index in [1.54, 1.807) is 12.1 Å². The van der Waals surface area contributed by atoms with E-state index in [0.29, 0.717) is 22.4 Å². The maximum absolute atomic E-state index is 13.6. The first-order valence-corrected chi connectivity index (χ1v) is 6.01. The van der Waals surface area contributed by atoms with Crippen LogP contribution in [0, 0.1) is 17.7 Å². The molecule has 0 aliphatic heterocycles. The van der Waals surface area contributed by atoms with Crippen LogP contribution in [-0.4, -0.2) is 13.6 Å². The van der Waals surface area contributed by atoms with Gasteiger partial charge in [-0.3, -0.25) is 0 Å². The van der Waals surface area contributed by atoms with Crippen LogP contribution < -0.4 is 5.32 Å². The lowest BCUT2D eigenvalue weighted by Crippen LogP contribution is -2.25. The predicted octanol–water partition coefficient (Wildman–Crippen LogP) is 3.51. The van der Waals surface area contributed by atoms with Gasteiger partial charge in [-0.1, -0.05) is 25.4 Å². The van der Waals surface area contributed by atoms with E-state index in [2.05, 4.69) is 19.2 Å². The van der Waals surface area contributed by atoms with E-state index in [4.69, 9.17) is 11.6 Å². The minimum absolute atomic E-state index is 0.161. The van der Waals surface area contributed by atoms with Crippen LogP contribution in [0.2, 0.25) is 5.02 Å². The van der Waals surface area contributed by atoms with Crippen molar-refractivity contribution in [1.82, 2.24) is 5.32 Å². The molecule has 0 saturated carbocycles. The lowest BCUT2D eigenvalue weighted by atomic mass is 9.89. The minimum Gasteiger partial charge on any atom is -0.319 e. The van der Waals surface area contributed by atoms with E-state index in [1.165, 1.54) is 6.07 Å². The predicted molar refractivity (Wildman–Crippen MR) is 67.4 cm³/mol. The van der Waals surface area contributed by atoms with E-state index >= 15 is 0 Å². The number of nitrogens with one attached hydrogen (secondary N) is 1. The van der Waals surface area contributed by atoms with Gasteiger partial charge in [0.2, 0.25) is 0 Å². The molecule has 90 valence electrons. The molecule has 0 aromatic heterocycles. The molecular weight excluding hydrogens is 225 g/mol. The van der Waals surface area contributed by atoms with E-state index in [-0.39, 0.29) is 5.82 Å². The molecule has 0 aliphatic rings. The van der Waals surface area contributed by atoms with Crippen molar-refractivity contribution in [3.8, 4) is 0 Å². The third-order valence-electron chi connectivity index (χ3n) is 2.90. The number of halogens is 2. The van der Waals surface area contributed by atoms with E-state index in [9.17, 15) is 4.39 Å². The summed E-state index contributed by atoms with van der Waals surface area (Å²) in [6.07, 6.45) is 0.727. The fraction of sp³-hybridized carbons (Fsp3) is 0.538. The molecule has 3 heteroatoms. The van der Waals surface area contributed by atoms with Crippen LogP contribution in [0.1, 0.15) is 19.4 Å². The van der Waals surface area contributed by atoms with Gasteiger partial charge in [-0.15, -0.1) is 0 Å². The summed E-state index contributed by atoms with van der Waals surface area (Å²) in [7, 11) is 1.92. The van der Waals surface area contributed by atoms with Gasteiger partial charge in [-0.25, -0.2) is 4.39 Å². The molecule has 0 fully saturated rings. The lowest BCUT2D eigenvalue weighted by molar-refractivity contribution is 0.366. The monoisotopic (exact) mass is 243 g/mol. The van der Waals surface area contributed by atoms with Gasteiger partial charge in [0.1, 0.15) is 5.82 Å². The van der Waals surface area contributed by atoms with Crippen molar-refractivity contribution >= 4 is 11.6 Å². The van der Waals surface area contributed by atoms with Crippen LogP contribution in [0.15, 0.2) is 18.2 Å². The molecule has 0 spiro atoms. The normalized spacial score (nSPS) is 13.1. The average molecular weight is 244 g/mol. The Morgan fingerprint density at radius 1 is 1.38 bits per heavy atom. The molecule has 1 aromatic carbocycles. The van der Waals surface area contributed by atoms with Gasteiger partial charge in [0.05, 0.1) is 0 Å². The SMILES string of the molecule is CNCC(Cc1cc(Cl)ccc1F)C(C)C. The first-order chi connectivity index (χ1) is 7.54. The molecule has 1 nitrogen and oxygen atoms in total. The van der Waals surface area contributed by atoms with Crippen molar-refractivity contribution in [2.24, 2.45) is 11.8 Å². The van der Waals surface area contributed by atoms with Crippen molar-refractivity contribution < 1.29 is 4.39 Å². The van der Waals surface area contributed by atoms with Gasteiger partial charge in [-0.05, 0) is 55.6 Å². The molecule has 1 rings (SSSR count). The second kappa shape index (κ2) is 6.21. The molecule has 0 saturated heterocycles. The molecule has 1 atom stereocenters. The van der Waals surface area contributed by atoms with Gasteiger partial charge >= 0.3 is 0 Å². The largest absolute Gasteiger partial charge is 0.319 e. The summed E-state index contributed by atoms with van der Waals surface area (Å²) in [6.45, 7) is 5.21. The van der Waals surface area contributed by atoms with Crippen LogP contribution in [0.3, 0.4) is 0 Å².